The second-order valence-electron chi connectivity index (χ2n) is 6.79. The highest BCUT2D eigenvalue weighted by Crippen LogP contribution is 2.38. The highest BCUT2D eigenvalue weighted by atomic mass is 32.2. The van der Waals surface area contributed by atoms with Crippen molar-refractivity contribution >= 4 is 15.7 Å². The highest BCUT2D eigenvalue weighted by molar-refractivity contribution is 7.92. The molecule has 0 saturated heterocycles. The normalized spacial score (nSPS) is 12.4. The van der Waals surface area contributed by atoms with Crippen LogP contribution >= 0.6 is 0 Å². The van der Waals surface area contributed by atoms with Crippen LogP contribution in [-0.4, -0.2) is 25.3 Å². The third-order valence-corrected chi connectivity index (χ3v) is 5.96. The van der Waals surface area contributed by atoms with Crippen molar-refractivity contribution < 1.29 is 39.5 Å². The van der Waals surface area contributed by atoms with Gasteiger partial charge in [-0.2, -0.15) is 26.3 Å². The van der Waals surface area contributed by atoms with Crippen molar-refractivity contribution in [3.63, 3.8) is 0 Å². The maximum Gasteiger partial charge on any atom is 0.419 e. The van der Waals surface area contributed by atoms with Gasteiger partial charge in [0.05, 0.1) is 23.5 Å². The maximum atomic E-state index is 13.1. The number of benzene rings is 2. The summed E-state index contributed by atoms with van der Waals surface area (Å²) in [6.07, 6.45) is -8.29. The number of aromatic nitrogens is 1. The minimum absolute atomic E-state index is 0.0681. The van der Waals surface area contributed by atoms with Gasteiger partial charge in [0.15, 0.2) is 5.75 Å². The Morgan fingerprint density at radius 1 is 0.848 bits per heavy atom. The van der Waals surface area contributed by atoms with Gasteiger partial charge in [0.25, 0.3) is 0 Å². The molecule has 2 aromatic carbocycles. The summed E-state index contributed by atoms with van der Waals surface area (Å²) in [6.45, 7) is -0.476. The van der Waals surface area contributed by atoms with Crippen molar-refractivity contribution in [2.45, 2.75) is 18.9 Å². The predicted octanol–water partition coefficient (Wildman–Crippen LogP) is 5.79. The highest BCUT2D eigenvalue weighted by Gasteiger charge is 2.39. The third-order valence-electron chi connectivity index (χ3n) is 4.26. The van der Waals surface area contributed by atoms with Gasteiger partial charge in [-0.1, -0.05) is 18.2 Å². The van der Waals surface area contributed by atoms with Crippen molar-refractivity contribution in [1.82, 2.24) is 4.98 Å². The lowest BCUT2D eigenvalue weighted by Crippen LogP contribution is -2.37. The van der Waals surface area contributed by atoms with Crippen LogP contribution in [0.1, 0.15) is 11.3 Å². The van der Waals surface area contributed by atoms with Crippen LogP contribution in [0.3, 0.4) is 0 Å². The largest absolute Gasteiger partial charge is 0.457 e. The zero-order chi connectivity index (χ0) is 24.3. The maximum absolute atomic E-state index is 13.1. The Morgan fingerprint density at radius 2 is 1.48 bits per heavy atom. The fraction of sp³-hybridized carbons (Fsp3) is 0.190. The van der Waals surface area contributed by atoms with Crippen LogP contribution in [0.15, 0.2) is 72.9 Å². The molecule has 33 heavy (non-hydrogen) atoms. The molecular weight excluding hydrogens is 474 g/mol. The Balaban J connectivity index is 1.92. The van der Waals surface area contributed by atoms with Crippen molar-refractivity contribution in [2.24, 2.45) is 0 Å². The van der Waals surface area contributed by atoms with Crippen molar-refractivity contribution in [3.05, 3.63) is 84.2 Å². The van der Waals surface area contributed by atoms with Crippen LogP contribution in [0.25, 0.3) is 0 Å². The number of para-hydroxylation sites is 1. The van der Waals surface area contributed by atoms with E-state index in [1.54, 1.807) is 12.1 Å². The number of nitrogens with zero attached hydrogens (tertiary/aromatic N) is 2. The van der Waals surface area contributed by atoms with Gasteiger partial charge in [-0.25, -0.2) is 8.42 Å². The average Bonchev–Trinajstić information content (AvgIpc) is 2.71. The van der Waals surface area contributed by atoms with Crippen LogP contribution in [-0.2, 0) is 22.7 Å². The lowest BCUT2D eigenvalue weighted by atomic mass is 10.2. The zero-order valence-electron chi connectivity index (χ0n) is 16.6. The van der Waals surface area contributed by atoms with E-state index in [4.69, 9.17) is 4.74 Å². The van der Waals surface area contributed by atoms with Gasteiger partial charge in [-0.3, -0.25) is 9.29 Å². The minimum atomic E-state index is -4.98. The summed E-state index contributed by atoms with van der Waals surface area (Å²) in [4.78, 5) is 3.94. The van der Waals surface area contributed by atoms with Gasteiger partial charge >= 0.3 is 12.4 Å². The number of hydrogen-bond acceptors (Lipinski definition) is 4. The van der Waals surface area contributed by atoms with Crippen molar-refractivity contribution in [1.29, 1.82) is 0 Å². The summed E-state index contributed by atoms with van der Waals surface area (Å²) >= 11 is 0. The molecule has 0 unspecified atom stereocenters. The van der Waals surface area contributed by atoms with Crippen molar-refractivity contribution in [2.75, 3.05) is 10.1 Å². The number of sulfonamides is 1. The summed E-state index contributed by atoms with van der Waals surface area (Å²) in [6, 6.07) is 13.6. The number of hydrogen-bond donors (Lipinski definition) is 0. The van der Waals surface area contributed by atoms with Crippen LogP contribution < -0.4 is 9.04 Å². The molecule has 1 aromatic heterocycles. The van der Waals surface area contributed by atoms with Crippen LogP contribution in [0, 0.1) is 0 Å². The van der Waals surface area contributed by atoms with E-state index in [9.17, 15) is 34.8 Å². The SMILES string of the molecule is O=S(=O)(CC(F)(F)F)N(Cc1ccccn1)c1ccc(Oc2ccccc2C(F)(F)F)cc1. The van der Waals surface area contributed by atoms with Gasteiger partial charge in [0.2, 0.25) is 10.0 Å². The van der Waals surface area contributed by atoms with Gasteiger partial charge in [-0.15, -0.1) is 0 Å². The molecule has 0 fully saturated rings. The summed E-state index contributed by atoms with van der Waals surface area (Å²) < 4.78 is 109. The smallest absolute Gasteiger partial charge is 0.419 e. The standard InChI is InChI=1S/C21H16F6N2O3S/c22-20(23,24)14-33(30,31)29(13-15-5-3-4-12-28-15)16-8-10-17(11-9-16)32-19-7-2-1-6-18(19)21(25,26)27/h1-12H,13-14H2. The molecule has 0 aliphatic heterocycles. The second kappa shape index (κ2) is 9.30. The minimum Gasteiger partial charge on any atom is -0.457 e. The molecule has 0 bridgehead atoms. The Bertz CT molecular complexity index is 1180. The lowest BCUT2D eigenvalue weighted by Gasteiger charge is -2.25. The summed E-state index contributed by atoms with van der Waals surface area (Å²) in [5.74, 6) is -2.64. The van der Waals surface area contributed by atoms with Crippen molar-refractivity contribution in [3.8, 4) is 11.5 Å². The molecular formula is C21H16F6N2O3S. The van der Waals surface area contributed by atoms with Gasteiger partial charge in [-0.05, 0) is 48.5 Å². The average molecular weight is 490 g/mol. The Labute approximate surface area is 185 Å². The number of halogens is 6. The Morgan fingerprint density at radius 3 is 2.06 bits per heavy atom. The van der Waals surface area contributed by atoms with E-state index in [0.717, 1.165) is 36.4 Å². The van der Waals surface area contributed by atoms with Crippen LogP contribution in [0.5, 0.6) is 11.5 Å². The molecule has 12 heteroatoms. The number of anilines is 1. The Hall–Kier alpha value is -3.28. The summed E-state index contributed by atoms with van der Waals surface area (Å²) in [5.41, 5.74) is -0.956. The zero-order valence-corrected chi connectivity index (χ0v) is 17.5. The molecule has 1 heterocycles. The third kappa shape index (κ3) is 6.60. The molecule has 176 valence electrons. The number of ether oxygens (including phenoxy) is 1. The molecule has 5 nitrogen and oxygen atoms in total. The summed E-state index contributed by atoms with van der Waals surface area (Å²) in [5, 5.41) is 0. The van der Waals surface area contributed by atoms with E-state index in [0.29, 0.717) is 4.31 Å². The van der Waals surface area contributed by atoms with E-state index in [-0.39, 0.29) is 17.1 Å². The fourth-order valence-electron chi connectivity index (χ4n) is 2.87. The first-order chi connectivity index (χ1) is 15.4. The quantitative estimate of drug-likeness (QED) is 0.394. The fourth-order valence-corrected chi connectivity index (χ4v) is 4.21. The first kappa shape index (κ1) is 24.4. The molecule has 0 spiro atoms. The molecule has 0 N–H and O–H groups in total. The number of pyridine rings is 1. The molecule has 0 saturated carbocycles. The lowest BCUT2D eigenvalue weighted by molar-refractivity contribution is -0.138. The molecule has 0 radical (unpaired) electrons. The Kier molecular flexibility index (Phi) is 6.86. The van der Waals surface area contributed by atoms with E-state index in [1.165, 1.54) is 24.4 Å². The summed E-state index contributed by atoms with van der Waals surface area (Å²) in [7, 11) is -4.85. The monoisotopic (exact) mass is 490 g/mol. The van der Waals surface area contributed by atoms with E-state index < -0.39 is 46.0 Å². The molecule has 0 atom stereocenters. The number of alkyl halides is 6. The van der Waals surface area contributed by atoms with E-state index in [2.05, 4.69) is 4.98 Å². The molecule has 0 aliphatic rings. The first-order valence-corrected chi connectivity index (χ1v) is 10.9. The topological polar surface area (TPSA) is 59.5 Å². The van der Waals surface area contributed by atoms with Crippen LogP contribution in [0.2, 0.25) is 0 Å². The van der Waals surface area contributed by atoms with E-state index >= 15 is 0 Å². The van der Waals surface area contributed by atoms with Crippen LogP contribution in [0.4, 0.5) is 32.0 Å². The second-order valence-corrected chi connectivity index (χ2v) is 8.68. The predicted molar refractivity (Wildman–Crippen MR) is 108 cm³/mol. The van der Waals surface area contributed by atoms with Gasteiger partial charge < -0.3 is 4.74 Å². The van der Waals surface area contributed by atoms with E-state index in [1.807, 2.05) is 0 Å². The number of rotatable bonds is 7. The molecule has 0 amide bonds. The van der Waals surface area contributed by atoms with Gasteiger partial charge in [0, 0.05) is 6.20 Å². The molecule has 3 rings (SSSR count). The van der Waals surface area contributed by atoms with Gasteiger partial charge in [0.1, 0.15) is 11.5 Å². The molecule has 3 aromatic rings. The first-order valence-electron chi connectivity index (χ1n) is 9.26. The molecule has 0 aliphatic carbocycles.